The Kier molecular flexibility index (Phi) is 7.06. The molecule has 2 rings (SSSR count). The maximum Gasteiger partial charge on any atom is 0.224 e. The Morgan fingerprint density at radius 1 is 1.22 bits per heavy atom. The highest BCUT2D eigenvalue weighted by atomic mass is 16.1. The summed E-state index contributed by atoms with van der Waals surface area (Å²) in [6.07, 6.45) is 2.63. The Hall–Kier alpha value is -1.39. The maximum atomic E-state index is 11.9. The van der Waals surface area contributed by atoms with Crippen LogP contribution in [-0.4, -0.2) is 37.5 Å². The van der Waals surface area contributed by atoms with Crippen LogP contribution in [0, 0.1) is 11.8 Å². The molecule has 0 aliphatic carbocycles. The Bertz CT molecular complexity index is 478. The molecule has 0 bridgehead atoms. The number of amides is 1. The van der Waals surface area contributed by atoms with E-state index in [1.807, 2.05) is 14.0 Å². The summed E-state index contributed by atoms with van der Waals surface area (Å²) in [5.41, 5.74) is 2.52. The molecule has 128 valence electrons. The third-order valence-corrected chi connectivity index (χ3v) is 4.73. The zero-order valence-corrected chi connectivity index (χ0v) is 14.8. The van der Waals surface area contributed by atoms with Crippen molar-refractivity contribution in [2.75, 3.05) is 26.7 Å². The van der Waals surface area contributed by atoms with E-state index in [0.29, 0.717) is 13.1 Å². The van der Waals surface area contributed by atoms with Crippen LogP contribution >= 0.6 is 0 Å². The van der Waals surface area contributed by atoms with Crippen LogP contribution in [0.15, 0.2) is 24.3 Å². The number of carbonyl (C=O) groups is 1. The maximum absolute atomic E-state index is 11.9. The van der Waals surface area contributed by atoms with Gasteiger partial charge in [-0.1, -0.05) is 38.1 Å². The summed E-state index contributed by atoms with van der Waals surface area (Å²) < 4.78 is 0. The minimum atomic E-state index is 0.000710. The molecule has 1 aromatic carbocycles. The van der Waals surface area contributed by atoms with E-state index in [4.69, 9.17) is 0 Å². The van der Waals surface area contributed by atoms with Gasteiger partial charge in [0.25, 0.3) is 0 Å². The second kappa shape index (κ2) is 9.04. The Balaban J connectivity index is 1.77. The van der Waals surface area contributed by atoms with Crippen molar-refractivity contribution in [3.05, 3.63) is 35.4 Å². The van der Waals surface area contributed by atoms with Crippen molar-refractivity contribution in [1.82, 2.24) is 15.5 Å². The Labute approximate surface area is 140 Å². The number of rotatable bonds is 7. The van der Waals surface area contributed by atoms with Gasteiger partial charge in [0, 0.05) is 25.6 Å². The standard InChI is InChI=1S/C19H31N3O/c1-15-8-10-22(11-9-15)14-18-6-4-17(5-7-18)13-21-19(23)16(2)12-20-3/h4-7,15-16,20H,8-14H2,1-3H3,(H,21,23). The lowest BCUT2D eigenvalue weighted by Crippen LogP contribution is -2.34. The fraction of sp³-hybridized carbons (Fsp3) is 0.632. The molecule has 1 heterocycles. The molecular formula is C19H31N3O. The highest BCUT2D eigenvalue weighted by molar-refractivity contribution is 5.78. The van der Waals surface area contributed by atoms with Crippen LogP contribution in [0.25, 0.3) is 0 Å². The van der Waals surface area contributed by atoms with E-state index < -0.39 is 0 Å². The van der Waals surface area contributed by atoms with Gasteiger partial charge in [-0.25, -0.2) is 0 Å². The molecule has 4 nitrogen and oxygen atoms in total. The van der Waals surface area contributed by atoms with Crippen LogP contribution in [0.3, 0.4) is 0 Å². The molecule has 0 radical (unpaired) electrons. The van der Waals surface area contributed by atoms with Gasteiger partial charge >= 0.3 is 0 Å². The number of carbonyl (C=O) groups excluding carboxylic acids is 1. The first kappa shape index (κ1) is 18.0. The summed E-state index contributed by atoms with van der Waals surface area (Å²) in [6.45, 7) is 9.06. The first-order chi connectivity index (χ1) is 11.1. The summed E-state index contributed by atoms with van der Waals surface area (Å²) >= 11 is 0. The number of benzene rings is 1. The van der Waals surface area contributed by atoms with Crippen molar-refractivity contribution < 1.29 is 4.79 Å². The molecule has 0 spiro atoms. The van der Waals surface area contributed by atoms with E-state index in [0.717, 1.165) is 18.0 Å². The summed E-state index contributed by atoms with van der Waals surface area (Å²) in [5.74, 6) is 0.981. The third kappa shape index (κ3) is 5.96. The zero-order valence-electron chi connectivity index (χ0n) is 14.8. The van der Waals surface area contributed by atoms with E-state index in [1.165, 1.54) is 31.5 Å². The average Bonchev–Trinajstić information content (AvgIpc) is 2.56. The Morgan fingerprint density at radius 3 is 2.43 bits per heavy atom. The summed E-state index contributed by atoms with van der Waals surface area (Å²) in [7, 11) is 1.87. The van der Waals surface area contributed by atoms with Crippen molar-refractivity contribution >= 4 is 5.91 Å². The van der Waals surface area contributed by atoms with Crippen molar-refractivity contribution in [2.24, 2.45) is 11.8 Å². The molecule has 1 saturated heterocycles. The van der Waals surface area contributed by atoms with E-state index in [9.17, 15) is 4.79 Å². The van der Waals surface area contributed by atoms with Crippen molar-refractivity contribution in [1.29, 1.82) is 0 Å². The Morgan fingerprint density at radius 2 is 1.83 bits per heavy atom. The molecule has 1 unspecified atom stereocenters. The van der Waals surface area contributed by atoms with Crippen LogP contribution in [0.5, 0.6) is 0 Å². The molecule has 4 heteroatoms. The van der Waals surface area contributed by atoms with Gasteiger partial charge in [-0.2, -0.15) is 0 Å². The van der Waals surface area contributed by atoms with Crippen LogP contribution in [-0.2, 0) is 17.9 Å². The van der Waals surface area contributed by atoms with Crippen LogP contribution < -0.4 is 10.6 Å². The molecule has 1 aliphatic heterocycles. The van der Waals surface area contributed by atoms with E-state index in [1.54, 1.807) is 0 Å². The molecule has 1 fully saturated rings. The predicted molar refractivity (Wildman–Crippen MR) is 95.1 cm³/mol. The molecule has 1 aliphatic rings. The monoisotopic (exact) mass is 317 g/mol. The minimum Gasteiger partial charge on any atom is -0.352 e. The highest BCUT2D eigenvalue weighted by Crippen LogP contribution is 2.18. The number of nitrogens with one attached hydrogen (secondary N) is 2. The lowest BCUT2D eigenvalue weighted by Gasteiger charge is -2.30. The molecule has 1 amide bonds. The lowest BCUT2D eigenvalue weighted by atomic mass is 9.99. The summed E-state index contributed by atoms with van der Waals surface area (Å²) in [4.78, 5) is 14.4. The van der Waals surface area contributed by atoms with Gasteiger partial charge in [-0.15, -0.1) is 0 Å². The predicted octanol–water partition coefficient (Wildman–Crippen LogP) is 2.39. The first-order valence-electron chi connectivity index (χ1n) is 8.81. The topological polar surface area (TPSA) is 44.4 Å². The molecule has 0 aromatic heterocycles. The number of hydrogen-bond acceptors (Lipinski definition) is 3. The molecule has 2 N–H and O–H groups in total. The van der Waals surface area contributed by atoms with Gasteiger partial charge in [0.05, 0.1) is 0 Å². The van der Waals surface area contributed by atoms with Gasteiger partial charge in [-0.3, -0.25) is 9.69 Å². The molecule has 1 atom stereocenters. The fourth-order valence-corrected chi connectivity index (χ4v) is 3.00. The number of nitrogens with zero attached hydrogens (tertiary/aromatic N) is 1. The second-order valence-electron chi connectivity index (χ2n) is 6.95. The first-order valence-corrected chi connectivity index (χ1v) is 8.81. The normalized spacial score (nSPS) is 17.9. The van der Waals surface area contributed by atoms with Crippen LogP contribution in [0.2, 0.25) is 0 Å². The van der Waals surface area contributed by atoms with Crippen LogP contribution in [0.1, 0.15) is 37.8 Å². The summed E-state index contributed by atoms with van der Waals surface area (Å²) in [5, 5.41) is 6.03. The van der Waals surface area contributed by atoms with Crippen molar-refractivity contribution in [3.8, 4) is 0 Å². The van der Waals surface area contributed by atoms with E-state index >= 15 is 0 Å². The highest BCUT2D eigenvalue weighted by Gasteiger charge is 2.15. The van der Waals surface area contributed by atoms with E-state index in [-0.39, 0.29) is 11.8 Å². The van der Waals surface area contributed by atoms with Gasteiger partial charge in [0.2, 0.25) is 5.91 Å². The smallest absolute Gasteiger partial charge is 0.224 e. The zero-order chi connectivity index (χ0) is 16.7. The van der Waals surface area contributed by atoms with Crippen molar-refractivity contribution in [3.63, 3.8) is 0 Å². The SMILES string of the molecule is CNCC(C)C(=O)NCc1ccc(CN2CCC(C)CC2)cc1. The van der Waals surface area contributed by atoms with Gasteiger partial charge in [0.1, 0.15) is 0 Å². The lowest BCUT2D eigenvalue weighted by molar-refractivity contribution is -0.124. The largest absolute Gasteiger partial charge is 0.352 e. The number of piperidine rings is 1. The van der Waals surface area contributed by atoms with Gasteiger partial charge in [-0.05, 0) is 50.0 Å². The fourth-order valence-electron chi connectivity index (χ4n) is 3.00. The van der Waals surface area contributed by atoms with Crippen LogP contribution in [0.4, 0.5) is 0 Å². The molecule has 23 heavy (non-hydrogen) atoms. The summed E-state index contributed by atoms with van der Waals surface area (Å²) in [6, 6.07) is 8.64. The number of likely N-dealkylation sites (tertiary alicyclic amines) is 1. The molecular weight excluding hydrogens is 286 g/mol. The number of hydrogen-bond donors (Lipinski definition) is 2. The molecule has 1 aromatic rings. The van der Waals surface area contributed by atoms with Gasteiger partial charge < -0.3 is 10.6 Å². The second-order valence-corrected chi connectivity index (χ2v) is 6.95. The quantitative estimate of drug-likeness (QED) is 0.811. The van der Waals surface area contributed by atoms with Gasteiger partial charge in [0.15, 0.2) is 0 Å². The minimum absolute atomic E-state index is 0.000710. The third-order valence-electron chi connectivity index (χ3n) is 4.73. The molecule has 0 saturated carbocycles. The van der Waals surface area contributed by atoms with E-state index in [2.05, 4.69) is 46.7 Å². The average molecular weight is 317 g/mol. The van der Waals surface area contributed by atoms with Crippen molar-refractivity contribution in [2.45, 2.75) is 39.8 Å².